The van der Waals surface area contributed by atoms with E-state index in [1.54, 1.807) is 18.2 Å². The third-order valence-electron chi connectivity index (χ3n) is 2.21. The van der Waals surface area contributed by atoms with Crippen molar-refractivity contribution in [1.82, 2.24) is 10.2 Å². The Kier molecular flexibility index (Phi) is 2.68. The molecule has 2 rings (SSSR count). The van der Waals surface area contributed by atoms with E-state index < -0.39 is 11.8 Å². The van der Waals surface area contributed by atoms with E-state index in [2.05, 4.69) is 10.2 Å². The Morgan fingerprint density at radius 3 is 2.81 bits per heavy atom. The number of aromatic amines is 1. The molecule has 82 valence electrons. The van der Waals surface area contributed by atoms with Crippen molar-refractivity contribution in [2.24, 2.45) is 0 Å². The maximum Gasteiger partial charge on any atom is 0.309 e. The zero-order chi connectivity index (χ0) is 11.5. The third-order valence-corrected chi connectivity index (χ3v) is 2.21. The van der Waals surface area contributed by atoms with E-state index >= 15 is 0 Å². The van der Waals surface area contributed by atoms with Gasteiger partial charge in [0.25, 0.3) is 0 Å². The lowest BCUT2D eigenvalue weighted by Crippen LogP contribution is -2.02. The van der Waals surface area contributed by atoms with Crippen molar-refractivity contribution >= 4 is 5.97 Å². The Balaban J connectivity index is 2.45. The van der Waals surface area contributed by atoms with Crippen LogP contribution in [0.5, 0.6) is 0 Å². The molecule has 5 heteroatoms. The predicted molar refractivity (Wildman–Crippen MR) is 55.3 cm³/mol. The minimum atomic E-state index is -0.984. The van der Waals surface area contributed by atoms with Crippen molar-refractivity contribution in [3.8, 4) is 11.1 Å². The van der Waals surface area contributed by atoms with Crippen LogP contribution in [0, 0.1) is 5.82 Å². The van der Waals surface area contributed by atoms with Crippen LogP contribution in [0.1, 0.15) is 5.69 Å². The number of aromatic nitrogens is 2. The van der Waals surface area contributed by atoms with Crippen LogP contribution in [0.25, 0.3) is 11.1 Å². The van der Waals surface area contributed by atoms with Crippen LogP contribution in [0.15, 0.2) is 30.5 Å². The van der Waals surface area contributed by atoms with Crippen molar-refractivity contribution in [3.05, 3.63) is 42.0 Å². The molecule has 0 spiro atoms. The minimum Gasteiger partial charge on any atom is -0.481 e. The molecule has 16 heavy (non-hydrogen) atoms. The SMILES string of the molecule is O=C(O)Cc1[nH]ncc1-c1ccccc1F. The Labute approximate surface area is 90.7 Å². The molecule has 0 saturated heterocycles. The van der Waals surface area contributed by atoms with Crippen molar-refractivity contribution in [1.29, 1.82) is 0 Å². The van der Waals surface area contributed by atoms with Gasteiger partial charge in [0.1, 0.15) is 5.82 Å². The molecule has 0 aliphatic carbocycles. The zero-order valence-corrected chi connectivity index (χ0v) is 8.27. The Morgan fingerprint density at radius 2 is 2.12 bits per heavy atom. The van der Waals surface area contributed by atoms with E-state index in [4.69, 9.17) is 5.11 Å². The van der Waals surface area contributed by atoms with Gasteiger partial charge in [-0.05, 0) is 6.07 Å². The largest absolute Gasteiger partial charge is 0.481 e. The van der Waals surface area contributed by atoms with E-state index in [1.807, 2.05) is 0 Å². The van der Waals surface area contributed by atoms with Crippen LogP contribution in [-0.2, 0) is 11.2 Å². The number of hydrogen-bond donors (Lipinski definition) is 2. The highest BCUT2D eigenvalue weighted by atomic mass is 19.1. The van der Waals surface area contributed by atoms with Gasteiger partial charge in [0, 0.05) is 11.1 Å². The highest BCUT2D eigenvalue weighted by Crippen LogP contribution is 2.24. The van der Waals surface area contributed by atoms with Gasteiger partial charge in [-0.15, -0.1) is 0 Å². The van der Waals surface area contributed by atoms with Crippen molar-refractivity contribution in [2.45, 2.75) is 6.42 Å². The summed E-state index contributed by atoms with van der Waals surface area (Å²) in [4.78, 5) is 10.6. The van der Waals surface area contributed by atoms with Gasteiger partial charge in [0.2, 0.25) is 0 Å². The Bertz CT molecular complexity index is 522. The summed E-state index contributed by atoms with van der Waals surface area (Å²) >= 11 is 0. The van der Waals surface area contributed by atoms with Crippen LogP contribution in [-0.4, -0.2) is 21.3 Å². The molecule has 1 aromatic heterocycles. The lowest BCUT2D eigenvalue weighted by Gasteiger charge is -2.02. The average molecular weight is 220 g/mol. The second-order valence-corrected chi connectivity index (χ2v) is 3.31. The van der Waals surface area contributed by atoms with Gasteiger partial charge in [-0.1, -0.05) is 18.2 Å². The van der Waals surface area contributed by atoms with Gasteiger partial charge in [-0.3, -0.25) is 9.89 Å². The highest BCUT2D eigenvalue weighted by molar-refractivity contribution is 5.75. The van der Waals surface area contributed by atoms with E-state index in [1.165, 1.54) is 12.3 Å². The molecule has 0 unspecified atom stereocenters. The lowest BCUT2D eigenvalue weighted by atomic mass is 10.0. The van der Waals surface area contributed by atoms with Gasteiger partial charge >= 0.3 is 5.97 Å². The standard InChI is InChI=1S/C11H9FN2O2/c12-9-4-2-1-3-7(9)8-6-13-14-10(8)5-11(15)16/h1-4,6H,5H2,(H,13,14)(H,15,16). The smallest absolute Gasteiger partial charge is 0.309 e. The Morgan fingerprint density at radius 1 is 1.38 bits per heavy atom. The summed E-state index contributed by atoms with van der Waals surface area (Å²) in [6.45, 7) is 0. The molecule has 0 amide bonds. The maximum atomic E-state index is 13.5. The lowest BCUT2D eigenvalue weighted by molar-refractivity contribution is -0.136. The maximum absolute atomic E-state index is 13.5. The number of H-pyrrole nitrogens is 1. The second kappa shape index (κ2) is 4.14. The molecule has 0 radical (unpaired) electrons. The molecule has 0 aliphatic rings. The summed E-state index contributed by atoms with van der Waals surface area (Å²) in [5, 5.41) is 15.0. The fourth-order valence-electron chi connectivity index (χ4n) is 1.51. The monoisotopic (exact) mass is 220 g/mol. The van der Waals surface area contributed by atoms with Crippen molar-refractivity contribution in [2.75, 3.05) is 0 Å². The van der Waals surface area contributed by atoms with Crippen molar-refractivity contribution < 1.29 is 14.3 Å². The quantitative estimate of drug-likeness (QED) is 0.829. The summed E-state index contributed by atoms with van der Waals surface area (Å²) in [5.74, 6) is -1.38. The number of carboxylic acids is 1. The van der Waals surface area contributed by atoms with Crippen LogP contribution in [0.2, 0.25) is 0 Å². The molecule has 0 fully saturated rings. The molecule has 0 bridgehead atoms. The summed E-state index contributed by atoms with van der Waals surface area (Å²) < 4.78 is 13.5. The normalized spacial score (nSPS) is 10.3. The second-order valence-electron chi connectivity index (χ2n) is 3.31. The number of benzene rings is 1. The molecular formula is C11H9FN2O2. The van der Waals surface area contributed by atoms with E-state index in [-0.39, 0.29) is 6.42 Å². The van der Waals surface area contributed by atoms with Crippen LogP contribution in [0.3, 0.4) is 0 Å². The number of rotatable bonds is 3. The van der Waals surface area contributed by atoms with Gasteiger partial charge in [0.05, 0.1) is 18.3 Å². The molecule has 4 nitrogen and oxygen atoms in total. The summed E-state index contributed by atoms with van der Waals surface area (Å²) in [6.07, 6.45) is 1.22. The molecule has 1 aromatic carbocycles. The van der Waals surface area contributed by atoms with Gasteiger partial charge in [-0.25, -0.2) is 4.39 Å². The number of carboxylic acid groups (broad SMARTS) is 1. The van der Waals surface area contributed by atoms with E-state index in [0.717, 1.165) is 0 Å². The first-order chi connectivity index (χ1) is 7.68. The number of hydrogen-bond acceptors (Lipinski definition) is 2. The van der Waals surface area contributed by atoms with Crippen LogP contribution in [0.4, 0.5) is 4.39 Å². The molecule has 2 N–H and O–H groups in total. The highest BCUT2D eigenvalue weighted by Gasteiger charge is 2.13. The first-order valence-electron chi connectivity index (χ1n) is 4.67. The number of carbonyl (C=O) groups is 1. The first-order valence-corrected chi connectivity index (χ1v) is 4.67. The average Bonchev–Trinajstić information content (AvgIpc) is 2.66. The fourth-order valence-corrected chi connectivity index (χ4v) is 1.51. The third kappa shape index (κ3) is 1.93. The summed E-state index contributed by atoms with van der Waals surface area (Å²) in [7, 11) is 0. The van der Waals surface area contributed by atoms with E-state index in [0.29, 0.717) is 16.8 Å². The number of halogens is 1. The predicted octanol–water partition coefficient (Wildman–Crippen LogP) is 1.84. The first kappa shape index (κ1) is 10.4. The minimum absolute atomic E-state index is 0.205. The number of nitrogens with zero attached hydrogens (tertiary/aromatic N) is 1. The summed E-state index contributed by atoms with van der Waals surface area (Å²) in [5.41, 5.74) is 1.24. The topological polar surface area (TPSA) is 66.0 Å². The molecular weight excluding hydrogens is 211 g/mol. The van der Waals surface area contributed by atoms with Gasteiger partial charge in [-0.2, -0.15) is 5.10 Å². The van der Waals surface area contributed by atoms with Crippen molar-refractivity contribution in [3.63, 3.8) is 0 Å². The van der Waals surface area contributed by atoms with Gasteiger partial charge in [0.15, 0.2) is 0 Å². The van der Waals surface area contributed by atoms with Crippen LogP contribution < -0.4 is 0 Å². The molecule has 1 heterocycles. The molecule has 2 aromatic rings. The number of aliphatic carboxylic acids is 1. The number of nitrogens with one attached hydrogen (secondary N) is 1. The zero-order valence-electron chi connectivity index (χ0n) is 8.27. The van der Waals surface area contributed by atoms with E-state index in [9.17, 15) is 9.18 Å². The summed E-state index contributed by atoms with van der Waals surface area (Å²) in [6, 6.07) is 6.18. The Hall–Kier alpha value is -2.17. The molecule has 0 atom stereocenters. The van der Waals surface area contributed by atoms with Crippen LogP contribution >= 0.6 is 0 Å². The molecule has 0 aliphatic heterocycles. The fraction of sp³-hybridized carbons (Fsp3) is 0.0909. The van der Waals surface area contributed by atoms with Gasteiger partial charge < -0.3 is 5.11 Å². The molecule has 0 saturated carbocycles.